The fraction of sp³-hybridized carbons (Fsp3) is 0. The molecule has 0 aliphatic heterocycles. The Balaban J connectivity index is 0.000000261. The van der Waals surface area contributed by atoms with E-state index in [2.05, 4.69) is 10.4 Å². The molecule has 114 valence electrons. The number of anilines is 1. The van der Waals surface area contributed by atoms with Crippen LogP contribution in [0.5, 0.6) is 0 Å². The third kappa shape index (κ3) is 6.15. The highest BCUT2D eigenvalue weighted by Gasteiger charge is 1.97. The number of pyridine rings is 1. The van der Waals surface area contributed by atoms with Gasteiger partial charge in [0.15, 0.2) is 6.29 Å². The molecule has 0 aromatic carbocycles. The molecule has 0 fully saturated rings. The zero-order valence-electron chi connectivity index (χ0n) is 11.3. The minimum Gasteiger partial charge on any atom is -0.478 e. The van der Waals surface area contributed by atoms with Gasteiger partial charge in [-0.3, -0.25) is 19.9 Å². The van der Waals surface area contributed by atoms with Crippen molar-refractivity contribution in [3.05, 3.63) is 60.7 Å². The molecule has 8 heteroatoms. The van der Waals surface area contributed by atoms with Crippen LogP contribution in [0.25, 0.3) is 0 Å². The molecule has 0 amide bonds. The van der Waals surface area contributed by atoms with Crippen LogP contribution in [-0.2, 0) is 9.59 Å². The topological polar surface area (TPSA) is 122 Å². The molecule has 0 spiro atoms. The summed E-state index contributed by atoms with van der Waals surface area (Å²) in [6, 6.07) is 7.20. The van der Waals surface area contributed by atoms with Crippen molar-refractivity contribution in [3.63, 3.8) is 0 Å². The van der Waals surface area contributed by atoms with E-state index in [-0.39, 0.29) is 0 Å². The number of hydrogen-bond donors (Lipinski definition) is 3. The Kier molecular flexibility index (Phi) is 6.57. The minimum atomic E-state index is -1.26. The maximum Gasteiger partial charge on any atom is 0.328 e. The Morgan fingerprint density at radius 1 is 1.09 bits per heavy atom. The van der Waals surface area contributed by atoms with Crippen molar-refractivity contribution in [3.8, 4) is 0 Å². The number of nitrogens with one attached hydrogen (secondary N) is 1. The number of carboxylic acid groups (broad SMARTS) is 2. The molecule has 0 aliphatic carbocycles. The number of aromatic nitrogens is 2. The van der Waals surface area contributed by atoms with Gasteiger partial charge in [-0.1, -0.05) is 0 Å². The van der Waals surface area contributed by atoms with E-state index < -0.39 is 11.9 Å². The van der Waals surface area contributed by atoms with Crippen LogP contribution in [0.4, 0.5) is 5.69 Å². The lowest BCUT2D eigenvalue weighted by molar-refractivity contribution is -0.134. The van der Waals surface area contributed by atoms with E-state index in [1.807, 2.05) is 12.1 Å². The molecule has 0 aliphatic rings. The number of rotatable bonds is 5. The summed E-state index contributed by atoms with van der Waals surface area (Å²) >= 11 is 0. The van der Waals surface area contributed by atoms with Crippen LogP contribution in [0.15, 0.2) is 55.0 Å². The summed E-state index contributed by atoms with van der Waals surface area (Å²) < 4.78 is 1.66. The van der Waals surface area contributed by atoms with Gasteiger partial charge in [0.25, 0.3) is 0 Å². The molecule has 3 N–H and O–H groups in total. The maximum atomic E-state index is 10.6. The lowest BCUT2D eigenvalue weighted by Gasteiger charge is -2.08. The monoisotopic (exact) mass is 303 g/mol. The molecule has 0 saturated carbocycles. The van der Waals surface area contributed by atoms with Crippen molar-refractivity contribution in [1.29, 1.82) is 0 Å². The van der Waals surface area contributed by atoms with Crippen LogP contribution in [-0.4, -0.2) is 38.1 Å². The first-order valence-electron chi connectivity index (χ1n) is 5.96. The predicted molar refractivity (Wildman–Crippen MR) is 77.5 cm³/mol. The van der Waals surface area contributed by atoms with Crippen LogP contribution in [0.3, 0.4) is 0 Å². The van der Waals surface area contributed by atoms with Gasteiger partial charge in [0.2, 0.25) is 0 Å². The smallest absolute Gasteiger partial charge is 0.328 e. The Morgan fingerprint density at radius 2 is 1.68 bits per heavy atom. The van der Waals surface area contributed by atoms with Crippen molar-refractivity contribution < 1.29 is 24.6 Å². The summed E-state index contributed by atoms with van der Waals surface area (Å²) in [6.45, 7) is 0. The number of aldehydes is 1. The van der Waals surface area contributed by atoms with Crippen molar-refractivity contribution in [2.45, 2.75) is 0 Å². The second kappa shape index (κ2) is 8.69. The summed E-state index contributed by atoms with van der Waals surface area (Å²) in [4.78, 5) is 33.6. The van der Waals surface area contributed by atoms with Gasteiger partial charge < -0.3 is 10.2 Å². The average molecular weight is 303 g/mol. The molecule has 0 unspecified atom stereocenters. The normalized spacial score (nSPS) is 9.64. The van der Waals surface area contributed by atoms with Gasteiger partial charge in [0, 0.05) is 30.7 Å². The largest absolute Gasteiger partial charge is 0.478 e. The van der Waals surface area contributed by atoms with Crippen LogP contribution < -0.4 is 5.43 Å². The van der Waals surface area contributed by atoms with Crippen molar-refractivity contribution in [1.82, 2.24) is 9.66 Å². The SMILES string of the molecule is O=C(O)/C=C\C(=O)O.O=Cc1cccn1Nc1ccncc1. The molecule has 2 aromatic heterocycles. The van der Waals surface area contributed by atoms with Gasteiger partial charge >= 0.3 is 11.9 Å². The zero-order valence-corrected chi connectivity index (χ0v) is 11.3. The van der Waals surface area contributed by atoms with Crippen molar-refractivity contribution >= 4 is 23.9 Å². The number of aliphatic carboxylic acids is 2. The number of nitrogens with zero attached hydrogens (tertiary/aromatic N) is 2. The van der Waals surface area contributed by atoms with Crippen molar-refractivity contribution in [2.24, 2.45) is 0 Å². The molecule has 0 bridgehead atoms. The standard InChI is InChI=1S/C10H9N3O.C4H4O4/c14-8-10-2-1-7-13(10)12-9-3-5-11-6-4-9;5-3(6)1-2-4(7)8/h1-8H,(H,11,12);1-2H,(H,5,6)(H,7,8)/b;2-1-. The van der Waals surface area contributed by atoms with E-state index in [0.29, 0.717) is 17.8 Å². The van der Waals surface area contributed by atoms with Crippen LogP contribution in [0.1, 0.15) is 10.5 Å². The number of carbonyl (C=O) groups excluding carboxylic acids is 1. The van der Waals surface area contributed by atoms with Gasteiger partial charge in [0.05, 0.1) is 5.69 Å². The van der Waals surface area contributed by atoms with E-state index in [4.69, 9.17) is 10.2 Å². The first kappa shape index (κ1) is 16.6. The molecule has 2 aromatic rings. The summed E-state index contributed by atoms with van der Waals surface area (Å²) in [6.07, 6.45) is 7.07. The second-order valence-corrected chi connectivity index (χ2v) is 3.78. The fourth-order valence-electron chi connectivity index (χ4n) is 1.30. The van der Waals surface area contributed by atoms with Crippen LogP contribution >= 0.6 is 0 Å². The van der Waals surface area contributed by atoms with E-state index in [1.54, 1.807) is 35.4 Å². The number of hydrogen-bond acceptors (Lipinski definition) is 5. The Hall–Kier alpha value is -3.42. The highest BCUT2D eigenvalue weighted by atomic mass is 16.4. The van der Waals surface area contributed by atoms with Crippen LogP contribution in [0.2, 0.25) is 0 Å². The first-order valence-corrected chi connectivity index (χ1v) is 5.96. The van der Waals surface area contributed by atoms with E-state index in [9.17, 15) is 14.4 Å². The molecule has 0 radical (unpaired) electrons. The Bertz CT molecular complexity index is 648. The lowest BCUT2D eigenvalue weighted by Crippen LogP contribution is -2.10. The highest BCUT2D eigenvalue weighted by Crippen LogP contribution is 2.06. The molecule has 8 nitrogen and oxygen atoms in total. The molecular formula is C14H13N3O5. The lowest BCUT2D eigenvalue weighted by atomic mass is 10.4. The van der Waals surface area contributed by atoms with Gasteiger partial charge in [-0.25, -0.2) is 9.59 Å². The van der Waals surface area contributed by atoms with Gasteiger partial charge in [0.1, 0.15) is 5.69 Å². The van der Waals surface area contributed by atoms with Gasteiger partial charge in [-0.2, -0.15) is 0 Å². The van der Waals surface area contributed by atoms with Crippen molar-refractivity contribution in [2.75, 3.05) is 5.43 Å². The third-order valence-corrected chi connectivity index (χ3v) is 2.20. The highest BCUT2D eigenvalue weighted by molar-refractivity contribution is 5.89. The first-order chi connectivity index (χ1) is 10.5. The summed E-state index contributed by atoms with van der Waals surface area (Å²) in [5, 5.41) is 15.6. The van der Waals surface area contributed by atoms with Gasteiger partial charge in [-0.15, -0.1) is 0 Å². The number of carboxylic acids is 2. The molecule has 2 heterocycles. The molecule has 0 saturated heterocycles. The molecule has 2 rings (SSSR count). The Morgan fingerprint density at radius 3 is 2.18 bits per heavy atom. The fourth-order valence-corrected chi connectivity index (χ4v) is 1.30. The zero-order chi connectivity index (χ0) is 16.4. The third-order valence-electron chi connectivity index (χ3n) is 2.20. The Labute approximate surface area is 125 Å². The quantitative estimate of drug-likeness (QED) is 0.562. The molecule has 22 heavy (non-hydrogen) atoms. The summed E-state index contributed by atoms with van der Waals surface area (Å²) in [5.74, 6) is -2.51. The number of carbonyl (C=O) groups is 3. The van der Waals surface area contributed by atoms with E-state index in [0.717, 1.165) is 12.0 Å². The summed E-state index contributed by atoms with van der Waals surface area (Å²) in [7, 11) is 0. The van der Waals surface area contributed by atoms with E-state index in [1.165, 1.54) is 0 Å². The van der Waals surface area contributed by atoms with Gasteiger partial charge in [-0.05, 0) is 24.3 Å². The van der Waals surface area contributed by atoms with E-state index >= 15 is 0 Å². The van der Waals surface area contributed by atoms with Crippen LogP contribution in [0, 0.1) is 0 Å². The maximum absolute atomic E-state index is 10.6. The molecular weight excluding hydrogens is 290 g/mol. The minimum absolute atomic E-state index is 0.558. The predicted octanol–water partition coefficient (Wildman–Crippen LogP) is 1.28. The summed E-state index contributed by atoms with van der Waals surface area (Å²) in [5.41, 5.74) is 4.52. The average Bonchev–Trinajstić information content (AvgIpc) is 2.94. The molecule has 0 atom stereocenters. The second-order valence-electron chi connectivity index (χ2n) is 3.78.